The zero-order chi connectivity index (χ0) is 18.5. The van der Waals surface area contributed by atoms with Crippen molar-refractivity contribution in [2.75, 3.05) is 7.11 Å². The third-order valence-electron chi connectivity index (χ3n) is 4.00. The number of nitrogens with one attached hydrogen (secondary N) is 1. The van der Waals surface area contributed by atoms with E-state index < -0.39 is 5.82 Å². The summed E-state index contributed by atoms with van der Waals surface area (Å²) in [5, 5.41) is 3.06. The van der Waals surface area contributed by atoms with Gasteiger partial charge in [-0.05, 0) is 23.3 Å². The zero-order valence-electron chi connectivity index (χ0n) is 14.2. The number of fused-ring (bicyclic) bond motifs is 1. The first-order chi connectivity index (χ1) is 12.6. The van der Waals surface area contributed by atoms with Crippen LogP contribution in [0.15, 0.2) is 53.6 Å². The Morgan fingerprint density at radius 1 is 1.23 bits per heavy atom. The van der Waals surface area contributed by atoms with Gasteiger partial charge in [0.25, 0.3) is 5.56 Å². The molecule has 7 heteroatoms. The summed E-state index contributed by atoms with van der Waals surface area (Å²) in [7, 11) is 1.61. The predicted molar refractivity (Wildman–Crippen MR) is 95.0 cm³/mol. The van der Waals surface area contributed by atoms with Crippen LogP contribution in [0.5, 0.6) is 0 Å². The Hall–Kier alpha value is -3.06. The summed E-state index contributed by atoms with van der Waals surface area (Å²) in [5.41, 5.74) is 1.81. The maximum Gasteiger partial charge on any atom is 0.261 e. The van der Waals surface area contributed by atoms with Gasteiger partial charge in [0.05, 0.1) is 23.8 Å². The third kappa shape index (κ3) is 3.94. The molecule has 0 atom stereocenters. The Balaban J connectivity index is 1.71. The number of hydrogen-bond acceptors (Lipinski definition) is 4. The van der Waals surface area contributed by atoms with Crippen molar-refractivity contribution >= 4 is 16.8 Å². The molecule has 1 amide bonds. The fraction of sp³-hybridized carbons (Fsp3) is 0.211. The molecule has 0 saturated carbocycles. The Bertz CT molecular complexity index is 1000. The highest BCUT2D eigenvalue weighted by atomic mass is 19.1. The van der Waals surface area contributed by atoms with Crippen molar-refractivity contribution in [1.29, 1.82) is 0 Å². The fourth-order valence-corrected chi connectivity index (χ4v) is 2.67. The molecular formula is C19H18FN3O3. The van der Waals surface area contributed by atoms with E-state index in [0.29, 0.717) is 13.2 Å². The van der Waals surface area contributed by atoms with Crippen molar-refractivity contribution in [3.05, 3.63) is 76.1 Å². The minimum atomic E-state index is -0.463. The van der Waals surface area contributed by atoms with Crippen LogP contribution in [0.3, 0.4) is 0 Å². The number of methoxy groups -OCH3 is 1. The van der Waals surface area contributed by atoms with Gasteiger partial charge in [-0.1, -0.05) is 24.3 Å². The van der Waals surface area contributed by atoms with E-state index in [1.165, 1.54) is 29.1 Å². The number of halogens is 1. The van der Waals surface area contributed by atoms with Crippen molar-refractivity contribution < 1.29 is 13.9 Å². The van der Waals surface area contributed by atoms with Crippen molar-refractivity contribution in [3.8, 4) is 0 Å². The van der Waals surface area contributed by atoms with Gasteiger partial charge >= 0.3 is 0 Å². The maximum absolute atomic E-state index is 13.2. The summed E-state index contributed by atoms with van der Waals surface area (Å²) in [5.74, 6) is -0.780. The highest BCUT2D eigenvalue weighted by Crippen LogP contribution is 2.10. The van der Waals surface area contributed by atoms with Crippen LogP contribution in [0.1, 0.15) is 11.1 Å². The van der Waals surface area contributed by atoms with E-state index in [2.05, 4.69) is 10.3 Å². The highest BCUT2D eigenvalue weighted by molar-refractivity contribution is 5.79. The number of aromatic nitrogens is 2. The number of rotatable bonds is 6. The lowest BCUT2D eigenvalue weighted by Gasteiger charge is -2.11. The first-order valence-corrected chi connectivity index (χ1v) is 8.05. The Labute approximate surface area is 149 Å². The summed E-state index contributed by atoms with van der Waals surface area (Å²) >= 11 is 0. The summed E-state index contributed by atoms with van der Waals surface area (Å²) in [6.07, 6.45) is 1.25. The molecule has 1 aromatic heterocycles. The minimum Gasteiger partial charge on any atom is -0.380 e. The second kappa shape index (κ2) is 7.88. The monoisotopic (exact) mass is 355 g/mol. The van der Waals surface area contributed by atoms with E-state index >= 15 is 0 Å². The molecule has 6 nitrogen and oxygen atoms in total. The molecule has 0 fully saturated rings. The smallest absolute Gasteiger partial charge is 0.261 e. The zero-order valence-corrected chi connectivity index (χ0v) is 14.2. The number of carbonyl (C=O) groups excluding carboxylic acids is 1. The summed E-state index contributed by atoms with van der Waals surface area (Å²) in [4.78, 5) is 28.6. The molecule has 1 heterocycles. The molecular weight excluding hydrogens is 337 g/mol. The molecule has 0 aliphatic carbocycles. The Kier molecular flexibility index (Phi) is 5.38. The molecule has 0 aliphatic rings. The predicted octanol–water partition coefficient (Wildman–Crippen LogP) is 2.00. The Morgan fingerprint density at radius 3 is 2.77 bits per heavy atom. The number of hydrogen-bond donors (Lipinski definition) is 1. The van der Waals surface area contributed by atoms with Crippen LogP contribution in [0.4, 0.5) is 4.39 Å². The van der Waals surface area contributed by atoms with Crippen LogP contribution in [-0.2, 0) is 29.2 Å². The maximum atomic E-state index is 13.2. The molecule has 3 aromatic rings. The average Bonchev–Trinajstić information content (AvgIpc) is 2.63. The molecule has 3 rings (SSSR count). The van der Waals surface area contributed by atoms with E-state index in [1.807, 2.05) is 24.3 Å². The number of benzene rings is 2. The molecule has 0 spiro atoms. The average molecular weight is 355 g/mol. The van der Waals surface area contributed by atoms with Crippen molar-refractivity contribution in [1.82, 2.24) is 14.9 Å². The topological polar surface area (TPSA) is 73.2 Å². The minimum absolute atomic E-state index is 0.161. The number of carbonyl (C=O) groups is 1. The number of ether oxygens (including phenoxy) is 1. The van der Waals surface area contributed by atoms with Crippen molar-refractivity contribution in [3.63, 3.8) is 0 Å². The second-order valence-electron chi connectivity index (χ2n) is 5.82. The standard InChI is InChI=1S/C19H18FN3O3/c1-26-11-14-5-3-2-4-13(14)9-21-18(24)10-23-12-22-17-8-15(20)6-7-16(17)19(23)25/h2-8,12H,9-11H2,1H3,(H,21,24). The van der Waals surface area contributed by atoms with E-state index in [4.69, 9.17) is 4.74 Å². The third-order valence-corrected chi connectivity index (χ3v) is 4.00. The largest absolute Gasteiger partial charge is 0.380 e. The SMILES string of the molecule is COCc1ccccc1CNC(=O)Cn1cnc2cc(F)ccc2c1=O. The first kappa shape index (κ1) is 17.8. The summed E-state index contributed by atoms with van der Waals surface area (Å²) in [6.45, 7) is 0.627. The van der Waals surface area contributed by atoms with Gasteiger partial charge in [0, 0.05) is 19.7 Å². The second-order valence-corrected chi connectivity index (χ2v) is 5.82. The Morgan fingerprint density at radius 2 is 2.00 bits per heavy atom. The van der Waals surface area contributed by atoms with E-state index in [9.17, 15) is 14.0 Å². The van der Waals surface area contributed by atoms with E-state index in [-0.39, 0.29) is 28.9 Å². The number of nitrogens with zero attached hydrogens (tertiary/aromatic N) is 2. The van der Waals surface area contributed by atoms with Gasteiger partial charge in [0.1, 0.15) is 12.4 Å². The lowest BCUT2D eigenvalue weighted by Crippen LogP contribution is -2.32. The first-order valence-electron chi connectivity index (χ1n) is 8.05. The van der Waals surface area contributed by atoms with Gasteiger partial charge in [-0.15, -0.1) is 0 Å². The van der Waals surface area contributed by atoms with Crippen LogP contribution in [0.25, 0.3) is 10.9 Å². The fourth-order valence-electron chi connectivity index (χ4n) is 2.67. The summed E-state index contributed by atoms with van der Waals surface area (Å²) in [6, 6.07) is 11.4. The molecule has 0 saturated heterocycles. The molecule has 2 aromatic carbocycles. The highest BCUT2D eigenvalue weighted by Gasteiger charge is 2.09. The molecule has 134 valence electrons. The summed E-state index contributed by atoms with van der Waals surface area (Å²) < 4.78 is 19.6. The van der Waals surface area contributed by atoms with Gasteiger partial charge in [-0.3, -0.25) is 14.2 Å². The van der Waals surface area contributed by atoms with Crippen LogP contribution in [0.2, 0.25) is 0 Å². The van der Waals surface area contributed by atoms with Gasteiger partial charge in [-0.25, -0.2) is 9.37 Å². The quantitative estimate of drug-likeness (QED) is 0.734. The molecule has 0 unspecified atom stereocenters. The molecule has 0 aliphatic heterocycles. The molecule has 0 radical (unpaired) electrons. The van der Waals surface area contributed by atoms with E-state index in [0.717, 1.165) is 11.1 Å². The van der Waals surface area contributed by atoms with Gasteiger partial charge in [0.2, 0.25) is 5.91 Å². The van der Waals surface area contributed by atoms with Crippen molar-refractivity contribution in [2.45, 2.75) is 19.7 Å². The van der Waals surface area contributed by atoms with Crippen molar-refractivity contribution in [2.24, 2.45) is 0 Å². The normalized spacial score (nSPS) is 10.8. The van der Waals surface area contributed by atoms with Crippen LogP contribution in [0, 0.1) is 5.82 Å². The van der Waals surface area contributed by atoms with Gasteiger partial charge in [0.15, 0.2) is 0 Å². The lowest BCUT2D eigenvalue weighted by atomic mass is 10.1. The number of amides is 1. The molecule has 1 N–H and O–H groups in total. The van der Waals surface area contributed by atoms with Crippen LogP contribution >= 0.6 is 0 Å². The molecule has 0 bridgehead atoms. The van der Waals surface area contributed by atoms with Crippen LogP contribution < -0.4 is 10.9 Å². The molecule has 26 heavy (non-hydrogen) atoms. The van der Waals surface area contributed by atoms with Gasteiger partial charge < -0.3 is 10.1 Å². The van der Waals surface area contributed by atoms with Crippen LogP contribution in [-0.4, -0.2) is 22.6 Å². The van der Waals surface area contributed by atoms with Gasteiger partial charge in [-0.2, -0.15) is 0 Å². The lowest BCUT2D eigenvalue weighted by molar-refractivity contribution is -0.121. The van der Waals surface area contributed by atoms with E-state index in [1.54, 1.807) is 7.11 Å².